The molecule has 0 heterocycles. The van der Waals surface area contributed by atoms with Gasteiger partial charge in [0.1, 0.15) is 5.78 Å². The highest BCUT2D eigenvalue weighted by atomic mass is 16.5. The van der Waals surface area contributed by atoms with Crippen LogP contribution in [0.3, 0.4) is 0 Å². The third-order valence-corrected chi connectivity index (χ3v) is 5.16. The van der Waals surface area contributed by atoms with Gasteiger partial charge in [0.05, 0.1) is 11.5 Å². The van der Waals surface area contributed by atoms with Gasteiger partial charge in [0.15, 0.2) is 0 Å². The molecule has 0 aromatic heterocycles. The highest BCUT2D eigenvalue weighted by Crippen LogP contribution is 2.50. The monoisotopic (exact) mass is 258 g/mol. The zero-order valence-electron chi connectivity index (χ0n) is 11.6. The van der Waals surface area contributed by atoms with Crippen molar-refractivity contribution in [3.05, 3.63) is 35.9 Å². The standard InChI is InChI=1S/C17H22O2/c1-19-15-11-10-14-8-5-9-16(18)17(14,12-15)13-6-3-2-4-7-13/h2-4,6-7,14-15H,5,8-12H2,1H3. The zero-order chi connectivity index (χ0) is 13.3. The highest BCUT2D eigenvalue weighted by Gasteiger charge is 2.51. The second-order valence-electron chi connectivity index (χ2n) is 5.99. The second-order valence-corrected chi connectivity index (χ2v) is 5.99. The Morgan fingerprint density at radius 2 is 1.95 bits per heavy atom. The van der Waals surface area contributed by atoms with Gasteiger partial charge in [-0.05, 0) is 43.6 Å². The number of carbonyl (C=O) groups excluding carboxylic acids is 1. The van der Waals surface area contributed by atoms with E-state index in [1.165, 1.54) is 12.0 Å². The molecule has 1 aromatic rings. The molecule has 0 aliphatic heterocycles. The molecule has 2 nitrogen and oxygen atoms in total. The minimum Gasteiger partial charge on any atom is -0.381 e. The lowest BCUT2D eigenvalue weighted by Gasteiger charge is -2.48. The summed E-state index contributed by atoms with van der Waals surface area (Å²) in [5.74, 6) is 0.958. The topological polar surface area (TPSA) is 26.3 Å². The van der Waals surface area contributed by atoms with Crippen molar-refractivity contribution in [3.63, 3.8) is 0 Å². The summed E-state index contributed by atoms with van der Waals surface area (Å²) in [6.07, 6.45) is 6.33. The zero-order valence-corrected chi connectivity index (χ0v) is 11.6. The Kier molecular flexibility index (Phi) is 3.44. The maximum atomic E-state index is 12.8. The molecule has 0 saturated heterocycles. The van der Waals surface area contributed by atoms with Gasteiger partial charge < -0.3 is 4.74 Å². The summed E-state index contributed by atoms with van der Waals surface area (Å²) in [7, 11) is 1.77. The molecule has 2 aliphatic rings. The minimum atomic E-state index is -0.265. The number of benzene rings is 1. The molecule has 0 amide bonds. The minimum absolute atomic E-state index is 0.235. The molecule has 0 N–H and O–H groups in total. The Labute approximate surface area is 115 Å². The summed E-state index contributed by atoms with van der Waals surface area (Å²) in [5.41, 5.74) is 0.949. The van der Waals surface area contributed by atoms with Crippen LogP contribution in [0.4, 0.5) is 0 Å². The third kappa shape index (κ3) is 2.02. The Morgan fingerprint density at radius 3 is 2.68 bits per heavy atom. The molecular weight excluding hydrogens is 236 g/mol. The lowest BCUT2D eigenvalue weighted by Crippen LogP contribution is -2.51. The summed E-state index contributed by atoms with van der Waals surface area (Å²) < 4.78 is 5.58. The number of fused-ring (bicyclic) bond motifs is 1. The number of hydrogen-bond donors (Lipinski definition) is 0. The third-order valence-electron chi connectivity index (χ3n) is 5.16. The van der Waals surface area contributed by atoms with Crippen molar-refractivity contribution in [1.82, 2.24) is 0 Å². The fourth-order valence-corrected chi connectivity index (χ4v) is 4.18. The van der Waals surface area contributed by atoms with Gasteiger partial charge in [0, 0.05) is 13.5 Å². The fourth-order valence-electron chi connectivity index (χ4n) is 4.18. The van der Waals surface area contributed by atoms with Crippen LogP contribution in [0.2, 0.25) is 0 Å². The van der Waals surface area contributed by atoms with Gasteiger partial charge in [0.2, 0.25) is 0 Å². The summed E-state index contributed by atoms with van der Waals surface area (Å²) >= 11 is 0. The number of methoxy groups -OCH3 is 1. The van der Waals surface area contributed by atoms with Crippen molar-refractivity contribution < 1.29 is 9.53 Å². The van der Waals surface area contributed by atoms with Crippen molar-refractivity contribution >= 4 is 5.78 Å². The van der Waals surface area contributed by atoms with E-state index in [0.717, 1.165) is 32.1 Å². The molecule has 2 saturated carbocycles. The van der Waals surface area contributed by atoms with E-state index in [4.69, 9.17) is 4.74 Å². The summed E-state index contributed by atoms with van der Waals surface area (Å²) in [6.45, 7) is 0. The summed E-state index contributed by atoms with van der Waals surface area (Å²) in [4.78, 5) is 12.8. The smallest absolute Gasteiger partial charge is 0.143 e. The van der Waals surface area contributed by atoms with Crippen LogP contribution in [0.5, 0.6) is 0 Å². The van der Waals surface area contributed by atoms with E-state index in [2.05, 4.69) is 24.3 Å². The van der Waals surface area contributed by atoms with E-state index in [1.807, 2.05) is 6.07 Å². The molecule has 2 heteroatoms. The Morgan fingerprint density at radius 1 is 1.16 bits per heavy atom. The first-order chi connectivity index (χ1) is 9.27. The number of hydrogen-bond acceptors (Lipinski definition) is 2. The predicted octanol–water partition coefficient (Wildman–Crippen LogP) is 3.49. The molecule has 102 valence electrons. The average Bonchev–Trinajstić information content (AvgIpc) is 2.48. The molecule has 0 radical (unpaired) electrons. The van der Waals surface area contributed by atoms with Crippen LogP contribution in [0.25, 0.3) is 0 Å². The SMILES string of the molecule is COC1CCC2CCCC(=O)C2(c2ccccc2)C1. The van der Waals surface area contributed by atoms with Gasteiger partial charge in [-0.2, -0.15) is 0 Å². The molecule has 3 rings (SSSR count). The van der Waals surface area contributed by atoms with Crippen LogP contribution in [0, 0.1) is 5.92 Å². The van der Waals surface area contributed by atoms with Gasteiger partial charge in [-0.3, -0.25) is 4.79 Å². The molecule has 3 atom stereocenters. The Hall–Kier alpha value is -1.15. The van der Waals surface area contributed by atoms with E-state index in [9.17, 15) is 4.79 Å². The molecule has 2 fully saturated rings. The predicted molar refractivity (Wildman–Crippen MR) is 75.1 cm³/mol. The molecular formula is C17H22O2. The van der Waals surface area contributed by atoms with Crippen LogP contribution in [-0.2, 0) is 14.9 Å². The average molecular weight is 258 g/mol. The largest absolute Gasteiger partial charge is 0.381 e. The van der Waals surface area contributed by atoms with Crippen molar-refractivity contribution in [2.75, 3.05) is 7.11 Å². The molecule has 19 heavy (non-hydrogen) atoms. The Balaban J connectivity index is 2.05. The van der Waals surface area contributed by atoms with Crippen molar-refractivity contribution in [2.24, 2.45) is 5.92 Å². The van der Waals surface area contributed by atoms with Gasteiger partial charge in [0.25, 0.3) is 0 Å². The molecule has 1 aromatic carbocycles. The number of ketones is 1. The van der Waals surface area contributed by atoms with Crippen LogP contribution >= 0.6 is 0 Å². The van der Waals surface area contributed by atoms with Crippen molar-refractivity contribution in [2.45, 2.75) is 50.0 Å². The molecule has 0 spiro atoms. The van der Waals surface area contributed by atoms with E-state index in [0.29, 0.717) is 11.7 Å². The summed E-state index contributed by atoms with van der Waals surface area (Å²) in [6, 6.07) is 10.4. The lowest BCUT2D eigenvalue weighted by atomic mass is 9.55. The number of Topliss-reactive ketones (excluding diaryl/α,β-unsaturated/α-hetero) is 1. The first-order valence-corrected chi connectivity index (χ1v) is 7.39. The lowest BCUT2D eigenvalue weighted by molar-refractivity contribution is -0.134. The normalized spacial score (nSPS) is 34.9. The maximum absolute atomic E-state index is 12.8. The van der Waals surface area contributed by atoms with Crippen LogP contribution in [0.15, 0.2) is 30.3 Å². The van der Waals surface area contributed by atoms with Gasteiger partial charge in [-0.1, -0.05) is 30.3 Å². The van der Waals surface area contributed by atoms with Crippen molar-refractivity contribution in [1.29, 1.82) is 0 Å². The Bertz CT molecular complexity index is 454. The number of ether oxygens (including phenoxy) is 1. The summed E-state index contributed by atoms with van der Waals surface area (Å²) in [5, 5.41) is 0. The van der Waals surface area contributed by atoms with Gasteiger partial charge >= 0.3 is 0 Å². The quantitative estimate of drug-likeness (QED) is 0.811. The van der Waals surface area contributed by atoms with Gasteiger partial charge in [-0.15, -0.1) is 0 Å². The van der Waals surface area contributed by atoms with Gasteiger partial charge in [-0.25, -0.2) is 0 Å². The second kappa shape index (κ2) is 5.09. The first kappa shape index (κ1) is 12.9. The number of rotatable bonds is 2. The van der Waals surface area contributed by atoms with Crippen LogP contribution < -0.4 is 0 Å². The van der Waals surface area contributed by atoms with E-state index >= 15 is 0 Å². The molecule has 0 bridgehead atoms. The van der Waals surface area contributed by atoms with Crippen molar-refractivity contribution in [3.8, 4) is 0 Å². The van der Waals surface area contributed by atoms with Crippen LogP contribution in [-0.4, -0.2) is 19.0 Å². The first-order valence-electron chi connectivity index (χ1n) is 7.39. The highest BCUT2D eigenvalue weighted by molar-refractivity contribution is 5.91. The van der Waals surface area contributed by atoms with E-state index in [-0.39, 0.29) is 11.5 Å². The van der Waals surface area contributed by atoms with Crippen LogP contribution in [0.1, 0.15) is 44.1 Å². The molecule has 3 unspecified atom stereocenters. The fraction of sp³-hybridized carbons (Fsp3) is 0.588. The molecule has 2 aliphatic carbocycles. The number of carbonyl (C=O) groups is 1. The van der Waals surface area contributed by atoms with E-state index in [1.54, 1.807) is 7.11 Å². The van der Waals surface area contributed by atoms with E-state index < -0.39 is 0 Å². The maximum Gasteiger partial charge on any atom is 0.143 e.